The number of nitrogens with zero attached hydrogens (tertiary/aromatic N) is 1. The van der Waals surface area contributed by atoms with Crippen LogP contribution in [0.3, 0.4) is 0 Å². The molecular weight excluding hydrogens is 224 g/mol. The zero-order chi connectivity index (χ0) is 13.1. The lowest BCUT2D eigenvalue weighted by Crippen LogP contribution is -2.07. The van der Waals surface area contributed by atoms with Crippen molar-refractivity contribution in [1.29, 1.82) is 0 Å². The van der Waals surface area contributed by atoms with E-state index in [-0.39, 0.29) is 5.78 Å². The predicted molar refractivity (Wildman–Crippen MR) is 72.6 cm³/mol. The maximum atomic E-state index is 12.2. The zero-order valence-corrected chi connectivity index (χ0v) is 10.6. The highest BCUT2D eigenvalue weighted by molar-refractivity contribution is 6.10. The van der Waals surface area contributed by atoms with Gasteiger partial charge in [-0.25, -0.2) is 0 Å². The van der Waals surface area contributed by atoms with Crippen LogP contribution in [-0.4, -0.2) is 10.8 Å². The maximum absolute atomic E-state index is 12.2. The van der Waals surface area contributed by atoms with Gasteiger partial charge in [0.15, 0.2) is 0 Å². The summed E-state index contributed by atoms with van der Waals surface area (Å²) in [5, 5.41) is 0. The molecular formula is C15H16N2O. The Morgan fingerprint density at radius 2 is 1.83 bits per heavy atom. The number of hydrogen-bond acceptors (Lipinski definition) is 3. The van der Waals surface area contributed by atoms with Crippen LogP contribution in [0.5, 0.6) is 0 Å². The first-order valence-electron chi connectivity index (χ1n) is 5.94. The van der Waals surface area contributed by atoms with Crippen LogP contribution in [-0.2, 0) is 0 Å². The van der Waals surface area contributed by atoms with E-state index in [9.17, 15) is 4.79 Å². The largest absolute Gasteiger partial charge is 0.397 e. The molecule has 0 spiro atoms. The Bertz CT molecular complexity index is 559. The molecule has 0 bridgehead atoms. The predicted octanol–water partition coefficient (Wildman–Crippen LogP) is 3.02. The van der Waals surface area contributed by atoms with Crippen molar-refractivity contribution >= 4 is 11.5 Å². The molecule has 2 N–H and O–H groups in total. The van der Waals surface area contributed by atoms with Gasteiger partial charge in [-0.1, -0.05) is 38.1 Å². The highest BCUT2D eigenvalue weighted by atomic mass is 16.1. The van der Waals surface area contributed by atoms with Crippen LogP contribution in [0.15, 0.2) is 42.6 Å². The molecule has 0 amide bonds. The number of carbonyl (C=O) groups is 1. The quantitative estimate of drug-likeness (QED) is 0.839. The average Bonchev–Trinajstić information content (AvgIpc) is 2.38. The molecule has 0 unspecified atom stereocenters. The molecule has 0 aliphatic rings. The normalized spacial score (nSPS) is 10.6. The van der Waals surface area contributed by atoms with Crippen LogP contribution in [0.25, 0.3) is 0 Å². The van der Waals surface area contributed by atoms with E-state index in [4.69, 9.17) is 5.73 Å². The van der Waals surface area contributed by atoms with E-state index >= 15 is 0 Å². The molecule has 0 aliphatic heterocycles. The Morgan fingerprint density at radius 1 is 1.17 bits per heavy atom. The number of aromatic nitrogens is 1. The lowest BCUT2D eigenvalue weighted by Gasteiger charge is -2.07. The fourth-order valence-corrected chi connectivity index (χ4v) is 1.76. The summed E-state index contributed by atoms with van der Waals surface area (Å²) in [6.07, 6.45) is 1.58. The number of anilines is 1. The number of rotatable bonds is 3. The molecule has 0 radical (unpaired) electrons. The van der Waals surface area contributed by atoms with Gasteiger partial charge in [-0.15, -0.1) is 0 Å². The molecule has 1 aromatic carbocycles. The molecule has 92 valence electrons. The minimum absolute atomic E-state index is 0.136. The van der Waals surface area contributed by atoms with Crippen LogP contribution in [0, 0.1) is 0 Å². The van der Waals surface area contributed by atoms with Gasteiger partial charge in [-0.3, -0.25) is 9.78 Å². The van der Waals surface area contributed by atoms with E-state index in [1.807, 2.05) is 24.3 Å². The van der Waals surface area contributed by atoms with Crippen molar-refractivity contribution < 1.29 is 4.79 Å². The number of carbonyl (C=O) groups excluding carboxylic acids is 1. The number of pyridine rings is 1. The molecule has 0 fully saturated rings. The highest BCUT2D eigenvalue weighted by Crippen LogP contribution is 2.18. The zero-order valence-electron chi connectivity index (χ0n) is 10.6. The molecule has 3 nitrogen and oxygen atoms in total. The number of nitrogens with two attached hydrogens (primary N) is 1. The maximum Gasteiger partial charge on any atom is 0.213 e. The summed E-state index contributed by atoms with van der Waals surface area (Å²) >= 11 is 0. The standard InChI is InChI=1S/C15H16N2O/c1-10(2)11-5-7-12(8-6-11)15(18)14-13(16)4-3-9-17-14/h3-10H,16H2,1-2H3. The first kappa shape index (κ1) is 12.3. The topological polar surface area (TPSA) is 56.0 Å². The van der Waals surface area contributed by atoms with Gasteiger partial charge in [0.1, 0.15) is 5.69 Å². The van der Waals surface area contributed by atoms with Crippen molar-refractivity contribution in [2.45, 2.75) is 19.8 Å². The lowest BCUT2D eigenvalue weighted by molar-refractivity contribution is 0.103. The molecule has 3 heteroatoms. The van der Waals surface area contributed by atoms with Crippen molar-refractivity contribution in [2.24, 2.45) is 0 Å². The van der Waals surface area contributed by atoms with Gasteiger partial charge in [0.25, 0.3) is 0 Å². The Labute approximate surface area is 107 Å². The van der Waals surface area contributed by atoms with E-state index in [2.05, 4.69) is 18.8 Å². The Kier molecular flexibility index (Phi) is 3.42. The third-order valence-electron chi connectivity index (χ3n) is 2.89. The molecule has 0 aliphatic carbocycles. The van der Waals surface area contributed by atoms with Crippen LogP contribution >= 0.6 is 0 Å². The summed E-state index contributed by atoms with van der Waals surface area (Å²) in [6.45, 7) is 4.24. The molecule has 0 saturated heterocycles. The fourth-order valence-electron chi connectivity index (χ4n) is 1.76. The van der Waals surface area contributed by atoms with Crippen molar-refractivity contribution in [3.63, 3.8) is 0 Å². The van der Waals surface area contributed by atoms with Gasteiger partial charge >= 0.3 is 0 Å². The first-order valence-corrected chi connectivity index (χ1v) is 5.94. The summed E-state index contributed by atoms with van der Waals surface area (Å²) in [5.74, 6) is 0.317. The van der Waals surface area contributed by atoms with Gasteiger partial charge in [-0.05, 0) is 23.6 Å². The molecule has 1 heterocycles. The third kappa shape index (κ3) is 2.40. The van der Waals surface area contributed by atoms with Gasteiger partial charge in [0, 0.05) is 11.8 Å². The number of ketones is 1. The SMILES string of the molecule is CC(C)c1ccc(C(=O)c2ncccc2N)cc1. The van der Waals surface area contributed by atoms with Crippen molar-refractivity contribution in [1.82, 2.24) is 4.98 Å². The number of nitrogen functional groups attached to an aromatic ring is 1. The van der Waals surface area contributed by atoms with Gasteiger partial charge in [0.05, 0.1) is 5.69 Å². The lowest BCUT2D eigenvalue weighted by atomic mass is 9.99. The van der Waals surface area contributed by atoms with Gasteiger partial charge in [-0.2, -0.15) is 0 Å². The van der Waals surface area contributed by atoms with Crippen molar-refractivity contribution in [3.05, 3.63) is 59.4 Å². The molecule has 1 aromatic heterocycles. The van der Waals surface area contributed by atoms with Crippen molar-refractivity contribution in [2.75, 3.05) is 5.73 Å². The van der Waals surface area contributed by atoms with Crippen LogP contribution in [0.2, 0.25) is 0 Å². The summed E-state index contributed by atoms with van der Waals surface area (Å²) in [7, 11) is 0. The fraction of sp³-hybridized carbons (Fsp3) is 0.200. The monoisotopic (exact) mass is 240 g/mol. The highest BCUT2D eigenvalue weighted by Gasteiger charge is 2.13. The summed E-state index contributed by atoms with van der Waals surface area (Å²) < 4.78 is 0. The molecule has 18 heavy (non-hydrogen) atoms. The Balaban J connectivity index is 2.32. The second kappa shape index (κ2) is 5.00. The summed E-state index contributed by atoms with van der Waals surface area (Å²) in [5.41, 5.74) is 8.31. The van der Waals surface area contributed by atoms with E-state index in [0.29, 0.717) is 22.9 Å². The smallest absolute Gasteiger partial charge is 0.213 e. The molecule has 2 rings (SSSR count). The first-order chi connectivity index (χ1) is 8.59. The van der Waals surface area contributed by atoms with Gasteiger partial charge in [0.2, 0.25) is 5.78 Å². The minimum Gasteiger partial charge on any atom is -0.397 e. The molecule has 0 saturated carbocycles. The van der Waals surface area contributed by atoms with Crippen LogP contribution in [0.1, 0.15) is 41.4 Å². The van der Waals surface area contributed by atoms with Crippen LogP contribution in [0.4, 0.5) is 5.69 Å². The second-order valence-electron chi connectivity index (χ2n) is 4.55. The second-order valence-corrected chi connectivity index (χ2v) is 4.55. The van der Waals surface area contributed by atoms with Crippen LogP contribution < -0.4 is 5.73 Å². The minimum atomic E-state index is -0.136. The Morgan fingerprint density at radius 3 is 2.39 bits per heavy atom. The summed E-state index contributed by atoms with van der Waals surface area (Å²) in [6, 6.07) is 11.0. The summed E-state index contributed by atoms with van der Waals surface area (Å²) in [4.78, 5) is 16.2. The molecule has 0 atom stereocenters. The van der Waals surface area contributed by atoms with E-state index in [1.165, 1.54) is 5.56 Å². The Hall–Kier alpha value is -2.16. The van der Waals surface area contributed by atoms with E-state index in [1.54, 1.807) is 18.3 Å². The van der Waals surface area contributed by atoms with Crippen molar-refractivity contribution in [3.8, 4) is 0 Å². The number of hydrogen-bond donors (Lipinski definition) is 1. The van der Waals surface area contributed by atoms with E-state index in [0.717, 1.165) is 0 Å². The third-order valence-corrected chi connectivity index (χ3v) is 2.89. The van der Waals surface area contributed by atoms with Gasteiger partial charge < -0.3 is 5.73 Å². The average molecular weight is 240 g/mol. The number of benzene rings is 1. The van der Waals surface area contributed by atoms with E-state index < -0.39 is 0 Å². The molecule has 2 aromatic rings.